The number of halogens is 1. The van der Waals surface area contributed by atoms with Crippen molar-refractivity contribution in [3.8, 4) is 16.3 Å². The van der Waals surface area contributed by atoms with Crippen LogP contribution in [-0.4, -0.2) is 25.2 Å². The van der Waals surface area contributed by atoms with E-state index < -0.39 is 5.97 Å². The van der Waals surface area contributed by atoms with Gasteiger partial charge in [-0.05, 0) is 19.1 Å². The van der Waals surface area contributed by atoms with Crippen LogP contribution >= 0.6 is 22.9 Å². The minimum absolute atomic E-state index is 0.149. The molecule has 1 aromatic heterocycles. The van der Waals surface area contributed by atoms with E-state index in [4.69, 9.17) is 16.3 Å². The molecule has 0 saturated heterocycles. The number of aromatic nitrogens is 1. The summed E-state index contributed by atoms with van der Waals surface area (Å²) in [6, 6.07) is 5.74. The lowest BCUT2D eigenvalue weighted by Crippen LogP contribution is -1.98. The summed E-state index contributed by atoms with van der Waals surface area (Å²) in [4.78, 5) is 16.0. The van der Waals surface area contributed by atoms with Crippen molar-refractivity contribution in [3.05, 3.63) is 33.8 Å². The standard InChI is InChI=1S/C13H12ClNO3S/c1-7-4-5-9(17-2)8(6-7)12-15-11(14)10(19-12)13(16)18-3/h4-6H,1-3H3. The number of nitrogens with zero attached hydrogens (tertiary/aromatic N) is 1. The molecule has 1 heterocycles. The maximum Gasteiger partial charge on any atom is 0.351 e. The molecule has 0 aliphatic rings. The zero-order valence-corrected chi connectivity index (χ0v) is 12.3. The third-order valence-electron chi connectivity index (χ3n) is 2.54. The van der Waals surface area contributed by atoms with Gasteiger partial charge in [0.15, 0.2) is 10.0 Å². The molecule has 0 fully saturated rings. The number of rotatable bonds is 3. The van der Waals surface area contributed by atoms with E-state index in [1.807, 2.05) is 25.1 Å². The highest BCUT2D eigenvalue weighted by Crippen LogP contribution is 2.36. The summed E-state index contributed by atoms with van der Waals surface area (Å²) in [7, 11) is 2.90. The number of thiazole rings is 1. The smallest absolute Gasteiger partial charge is 0.351 e. The molecule has 100 valence electrons. The minimum atomic E-state index is -0.486. The fourth-order valence-electron chi connectivity index (χ4n) is 1.62. The summed E-state index contributed by atoms with van der Waals surface area (Å²) >= 11 is 7.15. The number of methoxy groups -OCH3 is 2. The summed E-state index contributed by atoms with van der Waals surface area (Å²) < 4.78 is 9.96. The second-order valence-corrected chi connectivity index (χ2v) is 5.19. The number of esters is 1. The van der Waals surface area contributed by atoms with Crippen LogP contribution in [0.4, 0.5) is 0 Å². The summed E-state index contributed by atoms with van der Waals surface area (Å²) in [5.74, 6) is 0.202. The molecule has 6 heteroatoms. The molecule has 1 aromatic carbocycles. The van der Waals surface area contributed by atoms with Crippen LogP contribution in [0.15, 0.2) is 18.2 Å². The second kappa shape index (κ2) is 5.59. The second-order valence-electron chi connectivity index (χ2n) is 3.83. The topological polar surface area (TPSA) is 48.4 Å². The van der Waals surface area contributed by atoms with Gasteiger partial charge in [0, 0.05) is 0 Å². The van der Waals surface area contributed by atoms with E-state index in [1.54, 1.807) is 7.11 Å². The first kappa shape index (κ1) is 13.8. The maximum absolute atomic E-state index is 11.5. The minimum Gasteiger partial charge on any atom is -0.496 e. The van der Waals surface area contributed by atoms with Crippen molar-refractivity contribution >= 4 is 28.9 Å². The van der Waals surface area contributed by atoms with Gasteiger partial charge in [-0.1, -0.05) is 23.2 Å². The van der Waals surface area contributed by atoms with Gasteiger partial charge in [-0.15, -0.1) is 11.3 Å². The molecule has 4 nitrogen and oxygen atoms in total. The van der Waals surface area contributed by atoms with Crippen LogP contribution in [0.2, 0.25) is 5.15 Å². The monoisotopic (exact) mass is 297 g/mol. The molecule has 0 amide bonds. The van der Waals surface area contributed by atoms with Gasteiger partial charge in [0.2, 0.25) is 0 Å². The Bertz CT molecular complexity index is 624. The molecule has 0 aliphatic carbocycles. The van der Waals surface area contributed by atoms with Crippen LogP contribution in [0.25, 0.3) is 10.6 Å². The van der Waals surface area contributed by atoms with Crippen molar-refractivity contribution in [1.82, 2.24) is 4.98 Å². The van der Waals surface area contributed by atoms with Crippen LogP contribution in [0.3, 0.4) is 0 Å². The lowest BCUT2D eigenvalue weighted by atomic mass is 10.1. The van der Waals surface area contributed by atoms with Gasteiger partial charge in [-0.25, -0.2) is 9.78 Å². The number of aryl methyl sites for hydroxylation is 1. The molecule has 0 unspecified atom stereocenters. The van der Waals surface area contributed by atoms with Crippen LogP contribution < -0.4 is 4.74 Å². The Hall–Kier alpha value is -1.59. The van der Waals surface area contributed by atoms with Crippen molar-refractivity contribution in [3.63, 3.8) is 0 Å². The zero-order chi connectivity index (χ0) is 14.0. The Labute approximate surface area is 120 Å². The first-order chi connectivity index (χ1) is 9.06. The first-order valence-corrected chi connectivity index (χ1v) is 6.66. The number of benzene rings is 1. The Morgan fingerprint density at radius 3 is 2.74 bits per heavy atom. The summed E-state index contributed by atoms with van der Waals surface area (Å²) in [5, 5.41) is 0.779. The quantitative estimate of drug-likeness (QED) is 0.813. The van der Waals surface area contributed by atoms with Gasteiger partial charge >= 0.3 is 5.97 Å². The van der Waals surface area contributed by atoms with Crippen LogP contribution in [-0.2, 0) is 4.74 Å². The van der Waals surface area contributed by atoms with E-state index in [1.165, 1.54) is 18.4 Å². The van der Waals surface area contributed by atoms with Crippen LogP contribution in [0, 0.1) is 6.92 Å². The molecule has 0 N–H and O–H groups in total. The molecular formula is C13H12ClNO3S. The Balaban J connectivity index is 2.53. The molecule has 2 aromatic rings. The van der Waals surface area contributed by atoms with Gasteiger partial charge in [0.25, 0.3) is 0 Å². The normalized spacial score (nSPS) is 10.3. The highest BCUT2D eigenvalue weighted by Gasteiger charge is 2.19. The van der Waals surface area contributed by atoms with E-state index in [-0.39, 0.29) is 5.15 Å². The van der Waals surface area contributed by atoms with Crippen molar-refractivity contribution in [2.75, 3.05) is 14.2 Å². The lowest BCUT2D eigenvalue weighted by molar-refractivity contribution is 0.0606. The Morgan fingerprint density at radius 1 is 1.37 bits per heavy atom. The van der Waals surface area contributed by atoms with Crippen molar-refractivity contribution in [1.29, 1.82) is 0 Å². The number of hydrogen-bond donors (Lipinski definition) is 0. The van der Waals surface area contributed by atoms with E-state index in [0.717, 1.165) is 11.1 Å². The van der Waals surface area contributed by atoms with Gasteiger partial charge in [-0.3, -0.25) is 0 Å². The molecule has 0 atom stereocenters. The van der Waals surface area contributed by atoms with E-state index >= 15 is 0 Å². The average molecular weight is 298 g/mol. The molecule has 0 saturated carbocycles. The number of carbonyl (C=O) groups is 1. The summed E-state index contributed by atoms with van der Waals surface area (Å²) in [5.41, 5.74) is 1.88. The van der Waals surface area contributed by atoms with Crippen LogP contribution in [0.5, 0.6) is 5.75 Å². The zero-order valence-electron chi connectivity index (χ0n) is 10.7. The number of carbonyl (C=O) groups excluding carboxylic acids is 1. The number of hydrogen-bond acceptors (Lipinski definition) is 5. The molecule has 2 rings (SSSR count). The highest BCUT2D eigenvalue weighted by molar-refractivity contribution is 7.17. The fourth-order valence-corrected chi connectivity index (χ4v) is 2.85. The molecule has 0 spiro atoms. The van der Waals surface area contributed by atoms with E-state index in [9.17, 15) is 4.79 Å². The first-order valence-electron chi connectivity index (χ1n) is 5.46. The SMILES string of the molecule is COC(=O)c1sc(-c2cc(C)ccc2OC)nc1Cl. The van der Waals surface area contributed by atoms with E-state index in [2.05, 4.69) is 9.72 Å². The third kappa shape index (κ3) is 2.72. The number of ether oxygens (including phenoxy) is 2. The van der Waals surface area contributed by atoms with Gasteiger partial charge in [0.05, 0.1) is 19.8 Å². The molecule has 0 radical (unpaired) electrons. The predicted molar refractivity (Wildman–Crippen MR) is 75.2 cm³/mol. The molecule has 19 heavy (non-hydrogen) atoms. The molecular weight excluding hydrogens is 286 g/mol. The molecule has 0 aliphatic heterocycles. The van der Waals surface area contributed by atoms with Gasteiger partial charge in [0.1, 0.15) is 10.8 Å². The maximum atomic E-state index is 11.5. The predicted octanol–water partition coefficient (Wildman–Crippen LogP) is 3.57. The van der Waals surface area contributed by atoms with Crippen LogP contribution in [0.1, 0.15) is 15.2 Å². The lowest BCUT2D eigenvalue weighted by Gasteiger charge is -2.06. The van der Waals surface area contributed by atoms with Gasteiger partial charge < -0.3 is 9.47 Å². The summed E-state index contributed by atoms with van der Waals surface area (Å²) in [6.45, 7) is 1.97. The van der Waals surface area contributed by atoms with Crippen molar-refractivity contribution in [2.24, 2.45) is 0 Å². The fraction of sp³-hybridized carbons (Fsp3) is 0.231. The molecule has 0 bridgehead atoms. The van der Waals surface area contributed by atoms with E-state index in [0.29, 0.717) is 15.6 Å². The Morgan fingerprint density at radius 2 is 2.11 bits per heavy atom. The summed E-state index contributed by atoms with van der Waals surface area (Å²) in [6.07, 6.45) is 0. The van der Waals surface area contributed by atoms with Crippen molar-refractivity contribution < 1.29 is 14.3 Å². The Kier molecular flexibility index (Phi) is 4.07. The van der Waals surface area contributed by atoms with Gasteiger partial charge in [-0.2, -0.15) is 0 Å². The average Bonchev–Trinajstić information content (AvgIpc) is 2.79. The largest absolute Gasteiger partial charge is 0.496 e. The third-order valence-corrected chi connectivity index (χ3v) is 4.00. The van der Waals surface area contributed by atoms with Crippen molar-refractivity contribution in [2.45, 2.75) is 6.92 Å². The highest BCUT2D eigenvalue weighted by atomic mass is 35.5.